The van der Waals surface area contributed by atoms with Crippen LogP contribution in [-0.4, -0.2) is 22.8 Å². The second-order valence-corrected chi connectivity index (χ2v) is 4.61. The van der Waals surface area contributed by atoms with Gasteiger partial charge in [0.05, 0.1) is 17.7 Å². The molecule has 0 atom stereocenters. The molecule has 2 heterocycles. The van der Waals surface area contributed by atoms with Crippen molar-refractivity contribution in [3.8, 4) is 0 Å². The minimum absolute atomic E-state index is 0.217. The number of hydrogen-bond donors (Lipinski definition) is 2. The van der Waals surface area contributed by atoms with E-state index in [1.807, 2.05) is 17.9 Å². The predicted molar refractivity (Wildman–Crippen MR) is 67.6 cm³/mol. The van der Waals surface area contributed by atoms with Gasteiger partial charge in [0, 0.05) is 11.9 Å². The highest BCUT2D eigenvalue weighted by atomic mass is 32.1. The van der Waals surface area contributed by atoms with E-state index in [4.69, 9.17) is 10.3 Å². The van der Waals surface area contributed by atoms with Gasteiger partial charge in [0.25, 0.3) is 0 Å². The first-order valence-corrected chi connectivity index (χ1v) is 6.28. The molecule has 7 heteroatoms. The van der Waals surface area contributed by atoms with Crippen LogP contribution < -0.4 is 11.3 Å². The van der Waals surface area contributed by atoms with Crippen LogP contribution in [-0.2, 0) is 13.1 Å². The van der Waals surface area contributed by atoms with Crippen LogP contribution in [0.3, 0.4) is 0 Å². The molecule has 2 aromatic heterocycles. The zero-order chi connectivity index (χ0) is 13.0. The lowest BCUT2D eigenvalue weighted by atomic mass is 10.3. The van der Waals surface area contributed by atoms with Crippen molar-refractivity contribution in [3.63, 3.8) is 0 Å². The number of carbonyl (C=O) groups excluding carboxylic acids is 1. The summed E-state index contributed by atoms with van der Waals surface area (Å²) in [6.45, 7) is 1.35. The maximum absolute atomic E-state index is 11.2. The number of carbonyl (C=O) groups is 1. The largest absolute Gasteiger partial charge is 0.455 e. The third-order valence-electron chi connectivity index (χ3n) is 2.36. The zero-order valence-electron chi connectivity index (χ0n) is 9.92. The molecule has 0 aliphatic carbocycles. The van der Waals surface area contributed by atoms with Gasteiger partial charge in [0.2, 0.25) is 0 Å². The van der Waals surface area contributed by atoms with Crippen molar-refractivity contribution in [1.29, 1.82) is 0 Å². The molecule has 0 saturated heterocycles. The van der Waals surface area contributed by atoms with Crippen LogP contribution in [0, 0.1) is 0 Å². The Bertz CT molecular complexity index is 509. The second-order valence-electron chi connectivity index (χ2n) is 3.89. The molecule has 1 amide bonds. The van der Waals surface area contributed by atoms with Crippen LogP contribution in [0.15, 0.2) is 27.4 Å². The summed E-state index contributed by atoms with van der Waals surface area (Å²) in [7, 11) is 1.96. The van der Waals surface area contributed by atoms with Crippen molar-refractivity contribution < 1.29 is 9.21 Å². The van der Waals surface area contributed by atoms with Gasteiger partial charge < -0.3 is 4.42 Å². The van der Waals surface area contributed by atoms with Gasteiger partial charge in [0.15, 0.2) is 5.76 Å². The number of furan rings is 1. The maximum atomic E-state index is 11.2. The molecule has 0 saturated carbocycles. The summed E-state index contributed by atoms with van der Waals surface area (Å²) in [5, 5.41) is 2.01. The topological polar surface area (TPSA) is 84.4 Å². The molecule has 3 N–H and O–H groups in total. The van der Waals surface area contributed by atoms with Crippen LogP contribution in [0.25, 0.3) is 0 Å². The fraction of sp³-hybridized carbons (Fsp3) is 0.273. The highest BCUT2D eigenvalue weighted by Gasteiger charge is 2.11. The molecule has 0 bridgehead atoms. The lowest BCUT2D eigenvalue weighted by Gasteiger charge is -2.13. The first-order valence-electron chi connectivity index (χ1n) is 5.34. The monoisotopic (exact) mass is 266 g/mol. The molecule has 2 rings (SSSR count). The van der Waals surface area contributed by atoms with Gasteiger partial charge in [-0.15, -0.1) is 11.3 Å². The van der Waals surface area contributed by atoms with E-state index in [1.165, 1.54) is 0 Å². The van der Waals surface area contributed by atoms with Crippen molar-refractivity contribution in [1.82, 2.24) is 15.3 Å². The third kappa shape index (κ3) is 3.16. The van der Waals surface area contributed by atoms with Crippen LogP contribution in [0.2, 0.25) is 0 Å². The smallest absolute Gasteiger partial charge is 0.300 e. The van der Waals surface area contributed by atoms with E-state index in [0.717, 1.165) is 12.2 Å². The van der Waals surface area contributed by atoms with E-state index in [1.54, 1.807) is 29.0 Å². The molecule has 0 fully saturated rings. The Morgan fingerprint density at radius 2 is 2.39 bits per heavy atom. The number of amides is 1. The number of hydrogen-bond acceptors (Lipinski definition) is 6. The number of hydrazine groups is 1. The summed E-state index contributed by atoms with van der Waals surface area (Å²) >= 11 is 1.57. The molecule has 0 aliphatic rings. The Balaban J connectivity index is 1.92. The fourth-order valence-electron chi connectivity index (χ4n) is 1.57. The third-order valence-corrected chi connectivity index (χ3v) is 2.99. The molecule has 0 spiro atoms. The molecular formula is C11H14N4O2S. The quantitative estimate of drug-likeness (QED) is 0.478. The Morgan fingerprint density at radius 1 is 1.56 bits per heavy atom. The van der Waals surface area contributed by atoms with Crippen molar-refractivity contribution in [2.24, 2.45) is 5.84 Å². The highest BCUT2D eigenvalue weighted by molar-refractivity contribution is 7.07. The number of aromatic nitrogens is 1. The van der Waals surface area contributed by atoms with E-state index in [0.29, 0.717) is 12.3 Å². The number of nitrogen functional groups attached to an aromatic ring is 1. The van der Waals surface area contributed by atoms with E-state index >= 15 is 0 Å². The van der Waals surface area contributed by atoms with E-state index < -0.39 is 5.91 Å². The first-order chi connectivity index (χ1) is 8.69. The van der Waals surface area contributed by atoms with Crippen molar-refractivity contribution in [2.45, 2.75) is 13.1 Å². The minimum Gasteiger partial charge on any atom is -0.455 e. The summed E-state index contributed by atoms with van der Waals surface area (Å²) in [5.41, 5.74) is 4.86. The first kappa shape index (κ1) is 12.7. The molecule has 6 nitrogen and oxygen atoms in total. The molecule has 96 valence electrons. The van der Waals surface area contributed by atoms with Crippen LogP contribution in [0.5, 0.6) is 0 Å². The van der Waals surface area contributed by atoms with E-state index in [9.17, 15) is 4.79 Å². The van der Waals surface area contributed by atoms with E-state index in [2.05, 4.69) is 9.88 Å². The number of nitrogens with zero attached hydrogens (tertiary/aromatic N) is 2. The lowest BCUT2D eigenvalue weighted by molar-refractivity contribution is 0.0922. The Kier molecular flexibility index (Phi) is 4.08. The molecule has 0 unspecified atom stereocenters. The Labute approximate surface area is 108 Å². The number of thiazole rings is 1. The number of nitrogens with one attached hydrogen (secondary N) is 1. The highest BCUT2D eigenvalue weighted by Crippen LogP contribution is 2.12. The van der Waals surface area contributed by atoms with Crippen molar-refractivity contribution in [2.75, 3.05) is 7.05 Å². The van der Waals surface area contributed by atoms with Gasteiger partial charge in [-0.05, 0) is 19.2 Å². The lowest BCUT2D eigenvalue weighted by Crippen LogP contribution is -2.29. The van der Waals surface area contributed by atoms with Crippen LogP contribution in [0.4, 0.5) is 0 Å². The standard InChI is InChI=1S/C11H14N4O2S/c1-15(4-8-6-18-7-13-8)5-9-2-3-10(17-9)11(16)14-12/h2-3,6-7H,4-5,12H2,1H3,(H,14,16). The average molecular weight is 266 g/mol. The molecular weight excluding hydrogens is 252 g/mol. The summed E-state index contributed by atoms with van der Waals surface area (Å²) in [6, 6.07) is 3.37. The summed E-state index contributed by atoms with van der Waals surface area (Å²) in [6.07, 6.45) is 0. The van der Waals surface area contributed by atoms with Crippen LogP contribution >= 0.6 is 11.3 Å². The van der Waals surface area contributed by atoms with E-state index in [-0.39, 0.29) is 5.76 Å². The molecule has 0 aliphatic heterocycles. The minimum atomic E-state index is -0.427. The normalized spacial score (nSPS) is 10.8. The van der Waals surface area contributed by atoms with Crippen molar-refractivity contribution >= 4 is 17.2 Å². The Hall–Kier alpha value is -1.70. The fourth-order valence-corrected chi connectivity index (χ4v) is 2.12. The van der Waals surface area contributed by atoms with Gasteiger partial charge in [-0.25, -0.2) is 10.8 Å². The number of nitrogens with two attached hydrogens (primary N) is 1. The zero-order valence-corrected chi connectivity index (χ0v) is 10.7. The molecule has 0 aromatic carbocycles. The summed E-state index contributed by atoms with van der Waals surface area (Å²) in [4.78, 5) is 17.5. The van der Waals surface area contributed by atoms with Gasteiger partial charge in [-0.3, -0.25) is 15.1 Å². The average Bonchev–Trinajstić information content (AvgIpc) is 2.99. The number of rotatable bonds is 5. The maximum Gasteiger partial charge on any atom is 0.300 e. The second kappa shape index (κ2) is 5.76. The van der Waals surface area contributed by atoms with Gasteiger partial charge in [-0.1, -0.05) is 0 Å². The van der Waals surface area contributed by atoms with Crippen LogP contribution in [0.1, 0.15) is 22.0 Å². The predicted octanol–water partition coefficient (Wildman–Crippen LogP) is 0.972. The molecule has 0 radical (unpaired) electrons. The summed E-state index contributed by atoms with van der Waals surface area (Å²) in [5.74, 6) is 5.53. The molecule has 2 aromatic rings. The van der Waals surface area contributed by atoms with Gasteiger partial charge >= 0.3 is 5.91 Å². The Morgan fingerprint density at radius 3 is 3.06 bits per heavy atom. The SMILES string of the molecule is CN(Cc1cscn1)Cc1ccc(C(=O)NN)o1. The molecule has 18 heavy (non-hydrogen) atoms. The van der Waals surface area contributed by atoms with Gasteiger partial charge in [0.1, 0.15) is 5.76 Å². The van der Waals surface area contributed by atoms with Crippen molar-refractivity contribution in [3.05, 3.63) is 40.2 Å². The summed E-state index contributed by atoms with van der Waals surface area (Å²) < 4.78 is 5.37. The van der Waals surface area contributed by atoms with Gasteiger partial charge in [-0.2, -0.15) is 0 Å².